The monoisotopic (exact) mass is 440 g/mol. The first-order valence-electron chi connectivity index (χ1n) is 10.7. The van der Waals surface area contributed by atoms with E-state index in [1.807, 2.05) is 14.1 Å². The Hall–Kier alpha value is -3.24. The van der Waals surface area contributed by atoms with Crippen molar-refractivity contribution in [2.45, 2.75) is 24.9 Å². The van der Waals surface area contributed by atoms with Crippen molar-refractivity contribution in [2.75, 3.05) is 45.3 Å². The van der Waals surface area contributed by atoms with Gasteiger partial charge in [-0.3, -0.25) is 14.6 Å². The lowest BCUT2D eigenvalue weighted by atomic mass is 10.1. The maximum absolute atomic E-state index is 13.4. The van der Waals surface area contributed by atoms with E-state index in [9.17, 15) is 9.59 Å². The van der Waals surface area contributed by atoms with E-state index in [-0.39, 0.29) is 23.6 Å². The normalized spacial score (nSPS) is 20.7. The number of hydrogen-bond acceptors (Lipinski definition) is 8. The molecule has 170 valence electrons. The molecule has 2 aliphatic rings. The SMILES string of the molecule is CN1CC[C@@H]1COc1cccnc1C(=O)N(C(N)=O)c1ncccc1OC[C@@H]1CCN1C. The van der Waals surface area contributed by atoms with Gasteiger partial charge in [-0.1, -0.05) is 0 Å². The Morgan fingerprint density at radius 3 is 2.09 bits per heavy atom. The summed E-state index contributed by atoms with van der Waals surface area (Å²) in [5.74, 6) is -0.102. The van der Waals surface area contributed by atoms with Crippen LogP contribution in [0.1, 0.15) is 23.3 Å². The minimum Gasteiger partial charge on any atom is -0.489 e. The lowest BCUT2D eigenvalue weighted by molar-refractivity contribution is 0.0754. The zero-order valence-electron chi connectivity index (χ0n) is 18.3. The maximum Gasteiger partial charge on any atom is 0.327 e. The molecule has 0 aromatic carbocycles. The predicted molar refractivity (Wildman–Crippen MR) is 118 cm³/mol. The Morgan fingerprint density at radius 2 is 1.56 bits per heavy atom. The summed E-state index contributed by atoms with van der Waals surface area (Å²) in [6.07, 6.45) is 4.99. The molecule has 2 aromatic rings. The van der Waals surface area contributed by atoms with Crippen LogP contribution in [0.3, 0.4) is 0 Å². The van der Waals surface area contributed by atoms with E-state index in [4.69, 9.17) is 15.2 Å². The molecule has 2 aliphatic heterocycles. The van der Waals surface area contributed by atoms with Gasteiger partial charge in [-0.2, -0.15) is 0 Å². The number of nitrogens with two attached hydrogens (primary N) is 1. The molecule has 10 heteroatoms. The van der Waals surface area contributed by atoms with Crippen LogP contribution in [0, 0.1) is 0 Å². The fraction of sp³-hybridized carbons (Fsp3) is 0.455. The number of ether oxygens (including phenoxy) is 2. The van der Waals surface area contributed by atoms with Crippen LogP contribution in [-0.4, -0.2) is 84.2 Å². The van der Waals surface area contributed by atoms with E-state index in [2.05, 4.69) is 19.8 Å². The van der Waals surface area contributed by atoms with Gasteiger partial charge in [0, 0.05) is 24.5 Å². The molecule has 10 nitrogen and oxygen atoms in total. The first-order valence-corrected chi connectivity index (χ1v) is 10.7. The van der Waals surface area contributed by atoms with Crippen LogP contribution in [0.15, 0.2) is 36.7 Å². The van der Waals surface area contributed by atoms with Crippen LogP contribution in [-0.2, 0) is 0 Å². The first kappa shape index (κ1) is 22.0. The van der Waals surface area contributed by atoms with Crippen molar-refractivity contribution in [2.24, 2.45) is 5.73 Å². The number of carbonyl (C=O) groups excluding carboxylic acids is 2. The van der Waals surface area contributed by atoms with E-state index in [1.54, 1.807) is 24.3 Å². The molecule has 4 heterocycles. The highest BCUT2D eigenvalue weighted by atomic mass is 16.5. The molecule has 0 radical (unpaired) electrons. The van der Waals surface area contributed by atoms with Crippen molar-refractivity contribution in [3.63, 3.8) is 0 Å². The molecule has 2 atom stereocenters. The summed E-state index contributed by atoms with van der Waals surface area (Å²) >= 11 is 0. The average Bonchev–Trinajstić information content (AvgIpc) is 2.78. The van der Waals surface area contributed by atoms with Crippen molar-refractivity contribution in [3.8, 4) is 11.5 Å². The summed E-state index contributed by atoms with van der Waals surface area (Å²) in [5.41, 5.74) is 5.59. The molecule has 2 N–H and O–H groups in total. The van der Waals surface area contributed by atoms with E-state index >= 15 is 0 Å². The topological polar surface area (TPSA) is 114 Å². The fourth-order valence-corrected chi connectivity index (χ4v) is 3.67. The van der Waals surface area contributed by atoms with Gasteiger partial charge in [0.15, 0.2) is 23.0 Å². The third-order valence-electron chi connectivity index (χ3n) is 6.10. The summed E-state index contributed by atoms with van der Waals surface area (Å²) < 4.78 is 11.8. The maximum atomic E-state index is 13.4. The number of primary amides is 1. The number of rotatable bonds is 8. The fourth-order valence-electron chi connectivity index (χ4n) is 3.67. The van der Waals surface area contributed by atoms with Gasteiger partial charge in [0.2, 0.25) is 0 Å². The second kappa shape index (κ2) is 9.49. The van der Waals surface area contributed by atoms with Gasteiger partial charge in [0.25, 0.3) is 5.91 Å². The number of imide groups is 1. The van der Waals surface area contributed by atoms with Crippen LogP contribution in [0.4, 0.5) is 10.6 Å². The van der Waals surface area contributed by atoms with Crippen molar-refractivity contribution in [1.82, 2.24) is 19.8 Å². The highest BCUT2D eigenvalue weighted by molar-refractivity contribution is 6.20. The van der Waals surface area contributed by atoms with Gasteiger partial charge in [-0.25, -0.2) is 19.7 Å². The number of nitrogens with zero attached hydrogens (tertiary/aromatic N) is 5. The molecule has 32 heavy (non-hydrogen) atoms. The summed E-state index contributed by atoms with van der Waals surface area (Å²) in [7, 11) is 4.04. The van der Waals surface area contributed by atoms with Crippen molar-refractivity contribution in [3.05, 3.63) is 42.4 Å². The highest BCUT2D eigenvalue weighted by Gasteiger charge is 2.32. The Balaban J connectivity index is 1.56. The van der Waals surface area contributed by atoms with E-state index in [0.717, 1.165) is 30.8 Å². The number of carbonyl (C=O) groups is 2. The molecule has 0 spiro atoms. The number of pyridine rings is 2. The Bertz CT molecular complexity index is 986. The minimum atomic E-state index is -0.977. The number of amides is 3. The van der Waals surface area contributed by atoms with Crippen LogP contribution in [0.25, 0.3) is 0 Å². The van der Waals surface area contributed by atoms with Crippen molar-refractivity contribution >= 4 is 17.8 Å². The predicted octanol–water partition coefficient (Wildman–Crippen LogP) is 1.37. The molecule has 0 saturated carbocycles. The molecule has 0 bridgehead atoms. The van der Waals surface area contributed by atoms with E-state index in [1.165, 1.54) is 12.4 Å². The molecule has 0 unspecified atom stereocenters. The molecule has 2 fully saturated rings. The third-order valence-corrected chi connectivity index (χ3v) is 6.10. The lowest BCUT2D eigenvalue weighted by Crippen LogP contribution is -2.48. The summed E-state index contributed by atoms with van der Waals surface area (Å²) in [6.45, 7) is 2.87. The quantitative estimate of drug-likeness (QED) is 0.655. The molecular weight excluding hydrogens is 412 g/mol. The van der Waals surface area contributed by atoms with Crippen LogP contribution < -0.4 is 20.1 Å². The number of likely N-dealkylation sites (N-methyl/N-ethyl adjacent to an activating group) is 2. The van der Waals surface area contributed by atoms with Gasteiger partial charge in [-0.05, 0) is 64.3 Å². The first-order chi connectivity index (χ1) is 15.5. The number of hydrogen-bond donors (Lipinski definition) is 1. The molecular formula is C22H28N6O4. The largest absolute Gasteiger partial charge is 0.489 e. The number of likely N-dealkylation sites (tertiary alicyclic amines) is 2. The number of urea groups is 1. The molecule has 2 aromatic heterocycles. The Kier molecular flexibility index (Phi) is 6.52. The third kappa shape index (κ3) is 4.51. The zero-order valence-corrected chi connectivity index (χ0v) is 18.3. The Labute approximate surface area is 186 Å². The van der Waals surface area contributed by atoms with Crippen molar-refractivity contribution < 1.29 is 19.1 Å². The van der Waals surface area contributed by atoms with Gasteiger partial charge in [0.05, 0.1) is 0 Å². The average molecular weight is 441 g/mol. The van der Waals surface area contributed by atoms with E-state index < -0.39 is 11.9 Å². The smallest absolute Gasteiger partial charge is 0.327 e. The van der Waals surface area contributed by atoms with Crippen molar-refractivity contribution in [1.29, 1.82) is 0 Å². The minimum absolute atomic E-state index is 0.0106. The number of anilines is 1. The van der Waals surface area contributed by atoms with Crippen LogP contribution in [0.2, 0.25) is 0 Å². The van der Waals surface area contributed by atoms with Crippen LogP contribution in [0.5, 0.6) is 11.5 Å². The Morgan fingerprint density at radius 1 is 1.00 bits per heavy atom. The van der Waals surface area contributed by atoms with Gasteiger partial charge >= 0.3 is 6.03 Å². The van der Waals surface area contributed by atoms with Crippen LogP contribution >= 0.6 is 0 Å². The summed E-state index contributed by atoms with van der Waals surface area (Å²) in [5, 5.41) is 0. The highest BCUT2D eigenvalue weighted by Crippen LogP contribution is 2.29. The zero-order chi connectivity index (χ0) is 22.7. The summed E-state index contributed by atoms with van der Waals surface area (Å²) in [6, 6.07) is 6.25. The van der Waals surface area contributed by atoms with Gasteiger partial charge in [0.1, 0.15) is 13.2 Å². The second-order valence-corrected chi connectivity index (χ2v) is 8.12. The standard InChI is InChI=1S/C22H28N6O4/c1-26-11-7-15(26)13-31-17-5-3-9-24-19(17)21(29)28(22(23)30)20-18(6-4-10-25-20)32-14-16-8-12-27(16)2/h3-6,9-10,15-16H,7-8,11-14H2,1-2H3,(H2,23,30)/t15-,16+/m1/s1. The summed E-state index contributed by atoms with van der Waals surface area (Å²) in [4.78, 5) is 39.2. The molecule has 4 rings (SSSR count). The van der Waals surface area contributed by atoms with Gasteiger partial charge in [-0.15, -0.1) is 0 Å². The molecule has 3 amide bonds. The molecule has 0 aliphatic carbocycles. The van der Waals surface area contributed by atoms with E-state index in [0.29, 0.717) is 24.7 Å². The number of aromatic nitrogens is 2. The second-order valence-electron chi connectivity index (χ2n) is 8.12. The lowest BCUT2D eigenvalue weighted by Gasteiger charge is -2.37. The molecule has 2 saturated heterocycles. The van der Waals surface area contributed by atoms with Gasteiger partial charge < -0.3 is 15.2 Å².